The van der Waals surface area contributed by atoms with Gasteiger partial charge >= 0.3 is 0 Å². The lowest BCUT2D eigenvalue weighted by Gasteiger charge is -2.15. The van der Waals surface area contributed by atoms with Crippen LogP contribution in [0.1, 0.15) is 12.5 Å². The Hall–Kier alpha value is -2.21. The first-order valence-electron chi connectivity index (χ1n) is 6.93. The largest absolute Gasteiger partial charge is 0.493 e. The Bertz CT molecular complexity index is 598. The predicted octanol–water partition coefficient (Wildman–Crippen LogP) is 1.80. The predicted molar refractivity (Wildman–Crippen MR) is 77.6 cm³/mol. The zero-order chi connectivity index (χ0) is 14.7. The molecule has 0 amide bonds. The maximum absolute atomic E-state index is 5.43. The molecule has 1 aliphatic rings. The van der Waals surface area contributed by atoms with Crippen molar-refractivity contribution >= 4 is 0 Å². The van der Waals surface area contributed by atoms with Crippen molar-refractivity contribution in [2.45, 2.75) is 26.1 Å². The van der Waals surface area contributed by atoms with Crippen LogP contribution in [0.25, 0.3) is 0 Å². The van der Waals surface area contributed by atoms with E-state index in [1.165, 1.54) is 0 Å². The van der Waals surface area contributed by atoms with E-state index in [4.69, 9.17) is 14.2 Å². The van der Waals surface area contributed by atoms with Gasteiger partial charge < -0.3 is 19.5 Å². The number of aromatic nitrogens is 2. The number of ether oxygens (including phenoxy) is 3. The highest BCUT2D eigenvalue weighted by atomic mass is 16.7. The van der Waals surface area contributed by atoms with E-state index in [-0.39, 0.29) is 6.79 Å². The van der Waals surface area contributed by atoms with Crippen LogP contribution in [-0.2, 0) is 13.1 Å². The van der Waals surface area contributed by atoms with Gasteiger partial charge in [0.1, 0.15) is 0 Å². The Kier molecular flexibility index (Phi) is 3.96. The lowest BCUT2D eigenvalue weighted by Crippen LogP contribution is -2.30. The molecule has 2 heterocycles. The average molecular weight is 289 g/mol. The maximum atomic E-state index is 5.43. The standard InChI is InChI=1S/C15H19N3O3/c1-11(9-18-5-3-4-17-18)16-8-12-6-13(19-2)15-14(7-12)20-10-21-15/h3-7,11,16H,8-10H2,1-2H3. The summed E-state index contributed by atoms with van der Waals surface area (Å²) in [6, 6.07) is 6.19. The summed E-state index contributed by atoms with van der Waals surface area (Å²) in [7, 11) is 1.63. The second-order valence-electron chi connectivity index (χ2n) is 5.04. The third kappa shape index (κ3) is 3.11. The van der Waals surface area contributed by atoms with Crippen LogP contribution >= 0.6 is 0 Å². The van der Waals surface area contributed by atoms with Crippen LogP contribution in [0.2, 0.25) is 0 Å². The molecular weight excluding hydrogens is 270 g/mol. The number of nitrogens with one attached hydrogen (secondary N) is 1. The molecule has 3 rings (SSSR count). The van der Waals surface area contributed by atoms with Crippen molar-refractivity contribution in [3.05, 3.63) is 36.2 Å². The molecule has 1 unspecified atom stereocenters. The Labute approximate surface area is 123 Å². The molecule has 21 heavy (non-hydrogen) atoms. The second kappa shape index (κ2) is 6.05. The molecule has 1 aromatic heterocycles. The van der Waals surface area contributed by atoms with Crippen molar-refractivity contribution in [2.24, 2.45) is 0 Å². The highest BCUT2D eigenvalue weighted by molar-refractivity contribution is 5.55. The highest BCUT2D eigenvalue weighted by Gasteiger charge is 2.20. The van der Waals surface area contributed by atoms with E-state index >= 15 is 0 Å². The molecule has 2 aromatic rings. The van der Waals surface area contributed by atoms with Crippen molar-refractivity contribution in [3.8, 4) is 17.2 Å². The van der Waals surface area contributed by atoms with Crippen molar-refractivity contribution < 1.29 is 14.2 Å². The first-order valence-corrected chi connectivity index (χ1v) is 6.93. The number of hydrogen-bond acceptors (Lipinski definition) is 5. The fraction of sp³-hybridized carbons (Fsp3) is 0.400. The summed E-state index contributed by atoms with van der Waals surface area (Å²) >= 11 is 0. The number of nitrogens with zero attached hydrogens (tertiary/aromatic N) is 2. The summed E-state index contributed by atoms with van der Waals surface area (Å²) in [6.45, 7) is 3.94. The van der Waals surface area contributed by atoms with Crippen LogP contribution in [0, 0.1) is 0 Å². The molecule has 6 heteroatoms. The van der Waals surface area contributed by atoms with Gasteiger partial charge in [-0.15, -0.1) is 0 Å². The third-order valence-corrected chi connectivity index (χ3v) is 3.39. The quantitative estimate of drug-likeness (QED) is 0.878. The third-order valence-electron chi connectivity index (χ3n) is 3.39. The molecule has 6 nitrogen and oxygen atoms in total. The van der Waals surface area contributed by atoms with E-state index < -0.39 is 0 Å². The molecule has 1 atom stereocenters. The molecule has 0 aliphatic carbocycles. The number of methoxy groups -OCH3 is 1. The van der Waals surface area contributed by atoms with E-state index in [9.17, 15) is 0 Å². The van der Waals surface area contributed by atoms with E-state index in [2.05, 4.69) is 17.3 Å². The molecular formula is C15H19N3O3. The Morgan fingerprint density at radius 3 is 3.10 bits per heavy atom. The number of benzene rings is 1. The van der Waals surface area contributed by atoms with E-state index in [1.807, 2.05) is 29.1 Å². The van der Waals surface area contributed by atoms with Gasteiger partial charge in [0.05, 0.1) is 13.7 Å². The minimum Gasteiger partial charge on any atom is -0.493 e. The molecule has 0 radical (unpaired) electrons. The van der Waals surface area contributed by atoms with Gasteiger partial charge in [-0.1, -0.05) is 0 Å². The Morgan fingerprint density at radius 1 is 1.43 bits per heavy atom. The Morgan fingerprint density at radius 2 is 2.33 bits per heavy atom. The molecule has 0 saturated carbocycles. The maximum Gasteiger partial charge on any atom is 0.231 e. The lowest BCUT2D eigenvalue weighted by molar-refractivity contribution is 0.171. The van der Waals surface area contributed by atoms with Crippen LogP contribution in [0.5, 0.6) is 17.2 Å². The zero-order valence-electron chi connectivity index (χ0n) is 12.2. The fourth-order valence-electron chi connectivity index (χ4n) is 2.33. The topological polar surface area (TPSA) is 57.5 Å². The van der Waals surface area contributed by atoms with Crippen LogP contribution in [0.15, 0.2) is 30.6 Å². The first kappa shape index (κ1) is 13.8. The van der Waals surface area contributed by atoms with Gasteiger partial charge in [-0.05, 0) is 30.7 Å². The molecule has 112 valence electrons. The summed E-state index contributed by atoms with van der Waals surface area (Å²) in [6.07, 6.45) is 3.75. The molecule has 0 bridgehead atoms. The number of rotatable bonds is 6. The van der Waals surface area contributed by atoms with E-state index in [1.54, 1.807) is 13.3 Å². The number of hydrogen-bond donors (Lipinski definition) is 1. The number of fused-ring (bicyclic) bond motifs is 1. The second-order valence-corrected chi connectivity index (χ2v) is 5.04. The summed E-state index contributed by atoms with van der Waals surface area (Å²) in [5.74, 6) is 2.14. The van der Waals surface area contributed by atoms with Crippen LogP contribution in [0.4, 0.5) is 0 Å². The molecule has 0 fully saturated rings. The van der Waals surface area contributed by atoms with Crippen molar-refractivity contribution in [1.82, 2.24) is 15.1 Å². The van der Waals surface area contributed by atoms with E-state index in [0.29, 0.717) is 17.5 Å². The van der Waals surface area contributed by atoms with Gasteiger partial charge in [0.25, 0.3) is 0 Å². The van der Waals surface area contributed by atoms with Gasteiger partial charge in [-0.3, -0.25) is 4.68 Å². The summed E-state index contributed by atoms with van der Waals surface area (Å²) in [5, 5.41) is 7.67. The van der Waals surface area contributed by atoms with E-state index in [0.717, 1.165) is 24.4 Å². The molecule has 1 aromatic carbocycles. The lowest BCUT2D eigenvalue weighted by atomic mass is 10.1. The first-order chi connectivity index (χ1) is 10.3. The zero-order valence-corrected chi connectivity index (χ0v) is 12.2. The molecule has 0 spiro atoms. The fourth-order valence-corrected chi connectivity index (χ4v) is 2.33. The summed E-state index contributed by atoms with van der Waals surface area (Å²) < 4.78 is 18.1. The van der Waals surface area contributed by atoms with Gasteiger partial charge in [0.15, 0.2) is 11.5 Å². The van der Waals surface area contributed by atoms with Crippen LogP contribution in [-0.4, -0.2) is 29.7 Å². The van der Waals surface area contributed by atoms with Gasteiger partial charge in [0, 0.05) is 25.0 Å². The molecule has 1 aliphatic heterocycles. The minimum atomic E-state index is 0.248. The average Bonchev–Trinajstić information content (AvgIpc) is 3.15. The monoisotopic (exact) mass is 289 g/mol. The SMILES string of the molecule is COc1cc(CNC(C)Cn2cccn2)cc2c1OCO2. The van der Waals surface area contributed by atoms with Crippen molar-refractivity contribution in [2.75, 3.05) is 13.9 Å². The van der Waals surface area contributed by atoms with Gasteiger partial charge in [-0.25, -0.2) is 0 Å². The summed E-state index contributed by atoms with van der Waals surface area (Å²) in [5.41, 5.74) is 1.10. The molecule has 0 saturated heterocycles. The van der Waals surface area contributed by atoms with Crippen molar-refractivity contribution in [1.29, 1.82) is 0 Å². The Balaban J connectivity index is 1.62. The smallest absolute Gasteiger partial charge is 0.231 e. The normalized spacial score (nSPS) is 14.2. The van der Waals surface area contributed by atoms with Gasteiger partial charge in [-0.2, -0.15) is 5.10 Å². The van der Waals surface area contributed by atoms with Crippen LogP contribution < -0.4 is 19.5 Å². The highest BCUT2D eigenvalue weighted by Crippen LogP contribution is 2.41. The van der Waals surface area contributed by atoms with Gasteiger partial charge in [0.2, 0.25) is 12.5 Å². The minimum absolute atomic E-state index is 0.248. The summed E-state index contributed by atoms with van der Waals surface area (Å²) in [4.78, 5) is 0. The van der Waals surface area contributed by atoms with Crippen molar-refractivity contribution in [3.63, 3.8) is 0 Å². The molecule has 1 N–H and O–H groups in total. The van der Waals surface area contributed by atoms with Crippen LogP contribution in [0.3, 0.4) is 0 Å².